The Kier molecular flexibility index (Phi) is 4.65. The van der Waals surface area contributed by atoms with E-state index in [2.05, 4.69) is 21.6 Å². The maximum absolute atomic E-state index is 11.0. The number of hydrogen-bond donors (Lipinski definition) is 0. The molecule has 0 unspecified atom stereocenters. The number of hydrogen-bond acceptors (Lipinski definition) is 3. The summed E-state index contributed by atoms with van der Waals surface area (Å²) in [4.78, 5) is 15.0. The van der Waals surface area contributed by atoms with Gasteiger partial charge < -0.3 is 4.74 Å². The fraction of sp³-hybridized carbons (Fsp3) is 0.273. The molecule has 0 aliphatic heterocycles. The van der Waals surface area contributed by atoms with Crippen molar-refractivity contribution in [2.24, 2.45) is 0 Å². The number of pyridine rings is 1. The maximum Gasteiger partial charge on any atom is 0.356 e. The highest BCUT2D eigenvalue weighted by Crippen LogP contribution is 2.00. The third kappa shape index (κ3) is 3.61. The van der Waals surface area contributed by atoms with E-state index in [0.717, 1.165) is 5.56 Å². The summed E-state index contributed by atoms with van der Waals surface area (Å²) in [5.41, 5.74) is 1.04. The molecule has 0 atom stereocenters. The Morgan fingerprint density at radius 1 is 1.60 bits per heavy atom. The van der Waals surface area contributed by atoms with Gasteiger partial charge in [0.15, 0.2) is 0 Å². The van der Waals surface area contributed by atoms with Gasteiger partial charge in [0, 0.05) is 24.1 Å². The number of methoxy groups -OCH3 is 1. The molecule has 3 nitrogen and oxygen atoms in total. The summed E-state index contributed by atoms with van der Waals surface area (Å²) in [6.45, 7) is 0. The molecule has 1 aromatic heterocycles. The molecule has 0 amide bonds. The van der Waals surface area contributed by atoms with Crippen molar-refractivity contribution < 1.29 is 9.53 Å². The molecule has 0 saturated carbocycles. The Balaban J connectivity index is 2.73. The summed E-state index contributed by atoms with van der Waals surface area (Å²) in [6, 6.07) is 3.30. The van der Waals surface area contributed by atoms with Crippen LogP contribution in [-0.4, -0.2) is 23.9 Å². The van der Waals surface area contributed by atoms with Crippen molar-refractivity contribution in [1.82, 2.24) is 4.98 Å². The monoisotopic (exact) mass is 223 g/mol. The number of alkyl halides is 1. The van der Waals surface area contributed by atoms with Crippen molar-refractivity contribution >= 4 is 17.6 Å². The normalized spacial score (nSPS) is 8.93. The largest absolute Gasteiger partial charge is 0.464 e. The topological polar surface area (TPSA) is 39.2 Å². The molecule has 0 aliphatic carbocycles. The Morgan fingerprint density at radius 2 is 2.40 bits per heavy atom. The summed E-state index contributed by atoms with van der Waals surface area (Å²) in [7, 11) is 1.32. The van der Waals surface area contributed by atoms with Crippen molar-refractivity contribution in [3.8, 4) is 11.8 Å². The van der Waals surface area contributed by atoms with E-state index in [9.17, 15) is 4.79 Å². The number of nitrogens with zero attached hydrogens (tertiary/aromatic N) is 1. The number of aromatic nitrogens is 1. The second-order valence-electron chi connectivity index (χ2n) is 2.66. The van der Waals surface area contributed by atoms with Gasteiger partial charge in [0.25, 0.3) is 0 Å². The summed E-state index contributed by atoms with van der Waals surface area (Å²) in [5, 5.41) is 0. The number of carbonyl (C=O) groups excluding carboxylic acids is 1. The van der Waals surface area contributed by atoms with Crippen LogP contribution in [0.5, 0.6) is 0 Å². The average Bonchev–Trinajstić information content (AvgIpc) is 2.29. The van der Waals surface area contributed by atoms with Gasteiger partial charge in [0.2, 0.25) is 0 Å². The van der Waals surface area contributed by atoms with Crippen LogP contribution in [0, 0.1) is 11.8 Å². The van der Waals surface area contributed by atoms with Gasteiger partial charge in [-0.1, -0.05) is 11.8 Å². The van der Waals surface area contributed by atoms with Crippen molar-refractivity contribution in [3.63, 3.8) is 0 Å². The van der Waals surface area contributed by atoms with Gasteiger partial charge >= 0.3 is 5.97 Å². The van der Waals surface area contributed by atoms with Crippen LogP contribution < -0.4 is 0 Å². The SMILES string of the molecule is COC(=O)c1ccc(C#CCCCl)cn1. The van der Waals surface area contributed by atoms with E-state index in [0.29, 0.717) is 12.3 Å². The van der Waals surface area contributed by atoms with Gasteiger partial charge in [-0.25, -0.2) is 9.78 Å². The maximum atomic E-state index is 11.0. The lowest BCUT2D eigenvalue weighted by Crippen LogP contribution is -2.03. The van der Waals surface area contributed by atoms with E-state index in [1.165, 1.54) is 13.3 Å². The summed E-state index contributed by atoms with van der Waals surface area (Å²) >= 11 is 5.47. The zero-order chi connectivity index (χ0) is 11.1. The van der Waals surface area contributed by atoms with E-state index >= 15 is 0 Å². The molecule has 0 radical (unpaired) electrons. The molecule has 0 aliphatic rings. The molecule has 1 aromatic rings. The van der Waals surface area contributed by atoms with Crippen LogP contribution >= 0.6 is 11.6 Å². The second kappa shape index (κ2) is 6.05. The second-order valence-corrected chi connectivity index (χ2v) is 3.04. The van der Waals surface area contributed by atoms with Crippen LogP contribution in [0.2, 0.25) is 0 Å². The molecule has 4 heteroatoms. The summed E-state index contributed by atoms with van der Waals surface area (Å²) in [6.07, 6.45) is 2.17. The van der Waals surface area contributed by atoms with E-state index in [4.69, 9.17) is 11.6 Å². The van der Waals surface area contributed by atoms with Crippen LogP contribution in [0.25, 0.3) is 0 Å². The lowest BCUT2D eigenvalue weighted by Gasteiger charge is -1.96. The Labute approximate surface area is 93.4 Å². The predicted molar refractivity (Wildman–Crippen MR) is 57.8 cm³/mol. The van der Waals surface area contributed by atoms with Gasteiger partial charge in [-0.3, -0.25) is 0 Å². The molecule has 15 heavy (non-hydrogen) atoms. The molecule has 0 saturated heterocycles. The molecular formula is C11H10ClNO2. The van der Waals surface area contributed by atoms with E-state index in [1.807, 2.05) is 0 Å². The van der Waals surface area contributed by atoms with Crippen LogP contribution in [0.1, 0.15) is 22.5 Å². The summed E-state index contributed by atoms with van der Waals surface area (Å²) < 4.78 is 4.52. The molecule has 0 N–H and O–H groups in total. The zero-order valence-electron chi connectivity index (χ0n) is 8.29. The zero-order valence-corrected chi connectivity index (χ0v) is 9.04. The Morgan fingerprint density at radius 3 is 2.93 bits per heavy atom. The number of halogens is 1. The molecule has 0 bridgehead atoms. The minimum absolute atomic E-state index is 0.278. The lowest BCUT2D eigenvalue weighted by atomic mass is 10.2. The van der Waals surface area contributed by atoms with Gasteiger partial charge in [0.1, 0.15) is 5.69 Å². The average molecular weight is 224 g/mol. The molecule has 1 heterocycles. The van der Waals surface area contributed by atoms with Crippen LogP contribution in [0.15, 0.2) is 18.3 Å². The highest BCUT2D eigenvalue weighted by atomic mass is 35.5. The fourth-order valence-corrected chi connectivity index (χ4v) is 0.999. The minimum atomic E-state index is -0.449. The first-order valence-corrected chi connectivity index (χ1v) is 4.90. The van der Waals surface area contributed by atoms with Gasteiger partial charge in [-0.15, -0.1) is 11.6 Å². The Bertz CT molecular complexity index is 389. The van der Waals surface area contributed by atoms with Crippen molar-refractivity contribution in [2.75, 3.05) is 13.0 Å². The molecule has 0 aromatic carbocycles. The number of ether oxygens (including phenoxy) is 1. The summed E-state index contributed by atoms with van der Waals surface area (Å²) in [5.74, 6) is 5.82. The van der Waals surface area contributed by atoms with Gasteiger partial charge in [-0.2, -0.15) is 0 Å². The van der Waals surface area contributed by atoms with Crippen molar-refractivity contribution in [1.29, 1.82) is 0 Å². The molecule has 1 rings (SSSR count). The van der Waals surface area contributed by atoms with Crippen molar-refractivity contribution in [3.05, 3.63) is 29.6 Å². The highest BCUT2D eigenvalue weighted by molar-refractivity contribution is 6.18. The quantitative estimate of drug-likeness (QED) is 0.436. The first-order valence-electron chi connectivity index (χ1n) is 4.37. The highest BCUT2D eigenvalue weighted by Gasteiger charge is 2.04. The Hall–Kier alpha value is -1.53. The smallest absolute Gasteiger partial charge is 0.356 e. The predicted octanol–water partition coefficient (Wildman–Crippen LogP) is 1.85. The molecule has 0 spiro atoms. The van der Waals surface area contributed by atoms with Crippen LogP contribution in [-0.2, 0) is 4.74 Å². The van der Waals surface area contributed by atoms with Crippen molar-refractivity contribution in [2.45, 2.75) is 6.42 Å². The van der Waals surface area contributed by atoms with E-state index < -0.39 is 5.97 Å². The van der Waals surface area contributed by atoms with Crippen LogP contribution in [0.4, 0.5) is 0 Å². The first kappa shape index (κ1) is 11.5. The van der Waals surface area contributed by atoms with E-state index in [1.54, 1.807) is 12.1 Å². The van der Waals surface area contributed by atoms with Crippen LogP contribution in [0.3, 0.4) is 0 Å². The van der Waals surface area contributed by atoms with E-state index in [-0.39, 0.29) is 5.69 Å². The molecular weight excluding hydrogens is 214 g/mol. The van der Waals surface area contributed by atoms with Gasteiger partial charge in [-0.05, 0) is 12.1 Å². The number of carbonyl (C=O) groups is 1. The first-order chi connectivity index (χ1) is 7.27. The standard InChI is InChI=1S/C11H10ClNO2/c1-15-11(14)10-6-5-9(8-13-10)4-2-3-7-12/h5-6,8H,3,7H2,1H3. The third-order valence-corrected chi connectivity index (χ3v) is 1.80. The lowest BCUT2D eigenvalue weighted by molar-refractivity contribution is 0.0594. The fourth-order valence-electron chi connectivity index (χ4n) is 0.905. The molecule has 78 valence electrons. The molecule has 0 fully saturated rings. The number of esters is 1. The third-order valence-electron chi connectivity index (χ3n) is 1.61. The minimum Gasteiger partial charge on any atom is -0.464 e. The number of rotatable bonds is 2. The van der Waals surface area contributed by atoms with Gasteiger partial charge in [0.05, 0.1) is 7.11 Å².